The molecule has 0 amide bonds. The molecule has 0 radical (unpaired) electrons. The van der Waals surface area contributed by atoms with Crippen LogP contribution in [-0.2, 0) is 9.53 Å². The van der Waals surface area contributed by atoms with E-state index in [1.807, 2.05) is 20.8 Å². The van der Waals surface area contributed by atoms with Crippen molar-refractivity contribution in [3.8, 4) is 0 Å². The van der Waals surface area contributed by atoms with Crippen LogP contribution in [0.1, 0.15) is 40.0 Å². The third-order valence-electron chi connectivity index (χ3n) is 2.70. The first-order valence-corrected chi connectivity index (χ1v) is 6.07. The first-order valence-electron chi connectivity index (χ1n) is 6.07. The lowest BCUT2D eigenvalue weighted by Crippen LogP contribution is -2.41. The summed E-state index contributed by atoms with van der Waals surface area (Å²) >= 11 is 0. The molecule has 16 heavy (non-hydrogen) atoms. The minimum absolute atomic E-state index is 0.280. The molecule has 94 valence electrons. The third-order valence-corrected chi connectivity index (χ3v) is 2.70. The summed E-state index contributed by atoms with van der Waals surface area (Å²) in [4.78, 5) is 11.7. The van der Waals surface area contributed by atoms with Crippen LogP contribution in [0.25, 0.3) is 0 Å². The van der Waals surface area contributed by atoms with Crippen molar-refractivity contribution in [2.75, 3.05) is 13.1 Å². The van der Waals surface area contributed by atoms with Gasteiger partial charge in [-0.25, -0.2) is 0 Å². The molecular formula is C12H24N2O2. The minimum Gasteiger partial charge on any atom is -0.459 e. The van der Waals surface area contributed by atoms with Gasteiger partial charge in [0, 0.05) is 0 Å². The number of nitrogens with one attached hydrogen (secondary N) is 1. The zero-order valence-corrected chi connectivity index (χ0v) is 10.6. The smallest absolute Gasteiger partial charge is 0.323 e. The van der Waals surface area contributed by atoms with Crippen molar-refractivity contribution in [1.29, 1.82) is 0 Å². The summed E-state index contributed by atoms with van der Waals surface area (Å²) in [5, 5.41) is 3.32. The van der Waals surface area contributed by atoms with Crippen LogP contribution < -0.4 is 11.1 Å². The van der Waals surface area contributed by atoms with Gasteiger partial charge in [0.2, 0.25) is 0 Å². The molecule has 4 nitrogen and oxygen atoms in total. The molecular weight excluding hydrogens is 204 g/mol. The second-order valence-electron chi connectivity index (χ2n) is 5.59. The Kier molecular flexibility index (Phi) is 4.74. The van der Waals surface area contributed by atoms with Gasteiger partial charge in [0.15, 0.2) is 0 Å². The van der Waals surface area contributed by atoms with E-state index in [1.54, 1.807) is 0 Å². The molecule has 0 spiro atoms. The molecule has 0 aromatic carbocycles. The van der Waals surface area contributed by atoms with Gasteiger partial charge in [-0.15, -0.1) is 0 Å². The fraction of sp³-hybridized carbons (Fsp3) is 0.917. The minimum atomic E-state index is -0.482. The first-order chi connectivity index (χ1) is 7.38. The monoisotopic (exact) mass is 228 g/mol. The predicted octanol–water partition coefficient (Wildman–Crippen LogP) is 1.05. The average molecular weight is 228 g/mol. The van der Waals surface area contributed by atoms with E-state index in [9.17, 15) is 4.79 Å². The van der Waals surface area contributed by atoms with Crippen LogP contribution >= 0.6 is 0 Å². The Bertz CT molecular complexity index is 230. The maximum atomic E-state index is 11.7. The molecule has 1 aliphatic rings. The van der Waals surface area contributed by atoms with Gasteiger partial charge >= 0.3 is 5.97 Å². The molecule has 3 N–H and O–H groups in total. The summed E-state index contributed by atoms with van der Waals surface area (Å²) in [5.41, 5.74) is 5.41. The SMILES string of the molecule is CC(C)(C)OC(=O)[C@H](N)C[C@H]1CCCNC1. The molecule has 0 aromatic rings. The Labute approximate surface area is 97.9 Å². The van der Waals surface area contributed by atoms with E-state index in [4.69, 9.17) is 10.5 Å². The van der Waals surface area contributed by atoms with Gasteiger partial charge in [0.05, 0.1) is 0 Å². The van der Waals surface area contributed by atoms with Crippen LogP contribution in [0.5, 0.6) is 0 Å². The third kappa shape index (κ3) is 4.94. The fourth-order valence-corrected chi connectivity index (χ4v) is 1.96. The average Bonchev–Trinajstić information content (AvgIpc) is 2.16. The van der Waals surface area contributed by atoms with E-state index in [-0.39, 0.29) is 5.97 Å². The summed E-state index contributed by atoms with van der Waals surface area (Å²) in [7, 11) is 0. The lowest BCUT2D eigenvalue weighted by molar-refractivity contribution is -0.156. The van der Waals surface area contributed by atoms with Crippen LogP contribution in [0.4, 0.5) is 0 Å². The van der Waals surface area contributed by atoms with E-state index >= 15 is 0 Å². The molecule has 2 atom stereocenters. The summed E-state index contributed by atoms with van der Waals surface area (Å²) in [6.07, 6.45) is 3.05. The van der Waals surface area contributed by atoms with Crippen molar-refractivity contribution in [2.24, 2.45) is 11.7 Å². The number of esters is 1. The summed E-state index contributed by atoms with van der Waals surface area (Å²) in [6.45, 7) is 7.63. The maximum Gasteiger partial charge on any atom is 0.323 e. The quantitative estimate of drug-likeness (QED) is 0.709. The van der Waals surface area contributed by atoms with Crippen LogP contribution in [-0.4, -0.2) is 30.7 Å². The molecule has 0 saturated carbocycles. The summed E-state index contributed by atoms with van der Waals surface area (Å²) in [6, 6.07) is -0.482. The number of hydrogen-bond acceptors (Lipinski definition) is 4. The van der Waals surface area contributed by atoms with E-state index in [2.05, 4.69) is 5.32 Å². The largest absolute Gasteiger partial charge is 0.459 e. The highest BCUT2D eigenvalue weighted by molar-refractivity contribution is 5.75. The second-order valence-corrected chi connectivity index (χ2v) is 5.59. The number of ether oxygens (including phenoxy) is 1. The summed E-state index contributed by atoms with van der Waals surface area (Å²) in [5.74, 6) is 0.231. The Morgan fingerprint density at radius 2 is 2.25 bits per heavy atom. The molecule has 1 aliphatic heterocycles. The highest BCUT2D eigenvalue weighted by Gasteiger charge is 2.25. The fourth-order valence-electron chi connectivity index (χ4n) is 1.96. The lowest BCUT2D eigenvalue weighted by Gasteiger charge is -2.26. The molecule has 0 unspecified atom stereocenters. The zero-order chi connectivity index (χ0) is 12.2. The summed E-state index contributed by atoms with van der Waals surface area (Å²) < 4.78 is 5.26. The van der Waals surface area contributed by atoms with Gasteiger partial charge in [-0.05, 0) is 59.0 Å². The van der Waals surface area contributed by atoms with Crippen molar-refractivity contribution in [2.45, 2.75) is 51.7 Å². The number of hydrogen-bond donors (Lipinski definition) is 2. The molecule has 1 rings (SSSR count). The standard InChI is InChI=1S/C12H24N2O2/c1-12(2,3)16-11(15)10(13)7-9-5-4-6-14-8-9/h9-10,14H,4-8,13H2,1-3H3/t9-,10-/m1/s1. The van der Waals surface area contributed by atoms with Crippen molar-refractivity contribution in [1.82, 2.24) is 5.32 Å². The molecule has 0 aliphatic carbocycles. The van der Waals surface area contributed by atoms with Crippen molar-refractivity contribution < 1.29 is 9.53 Å². The molecule has 0 bridgehead atoms. The van der Waals surface area contributed by atoms with E-state index in [0.717, 1.165) is 25.9 Å². The number of piperidine rings is 1. The number of nitrogens with two attached hydrogens (primary N) is 1. The van der Waals surface area contributed by atoms with E-state index in [1.165, 1.54) is 6.42 Å². The zero-order valence-electron chi connectivity index (χ0n) is 10.6. The van der Waals surface area contributed by atoms with Crippen molar-refractivity contribution in [3.05, 3.63) is 0 Å². The van der Waals surface area contributed by atoms with E-state index in [0.29, 0.717) is 5.92 Å². The number of carbonyl (C=O) groups excluding carboxylic acids is 1. The van der Waals surface area contributed by atoms with Crippen molar-refractivity contribution >= 4 is 5.97 Å². The topological polar surface area (TPSA) is 64.3 Å². The predicted molar refractivity (Wildman–Crippen MR) is 64.0 cm³/mol. The van der Waals surface area contributed by atoms with Crippen LogP contribution in [0.3, 0.4) is 0 Å². The van der Waals surface area contributed by atoms with Gasteiger partial charge in [0.1, 0.15) is 11.6 Å². The molecule has 1 fully saturated rings. The highest BCUT2D eigenvalue weighted by atomic mass is 16.6. The maximum absolute atomic E-state index is 11.7. The van der Waals surface area contributed by atoms with E-state index < -0.39 is 11.6 Å². The Hall–Kier alpha value is -0.610. The van der Waals surface area contributed by atoms with Gasteiger partial charge in [-0.3, -0.25) is 4.79 Å². The van der Waals surface area contributed by atoms with Crippen LogP contribution in [0.15, 0.2) is 0 Å². The highest BCUT2D eigenvalue weighted by Crippen LogP contribution is 2.17. The lowest BCUT2D eigenvalue weighted by atomic mass is 9.93. The molecule has 0 aromatic heterocycles. The normalized spacial score (nSPS) is 23.9. The van der Waals surface area contributed by atoms with Gasteiger partial charge in [0.25, 0.3) is 0 Å². The second kappa shape index (κ2) is 5.64. The number of carbonyl (C=O) groups is 1. The Morgan fingerprint density at radius 3 is 2.75 bits per heavy atom. The molecule has 4 heteroatoms. The van der Waals surface area contributed by atoms with Crippen LogP contribution in [0, 0.1) is 5.92 Å². The Balaban J connectivity index is 2.33. The molecule has 1 heterocycles. The Morgan fingerprint density at radius 1 is 1.56 bits per heavy atom. The van der Waals surface area contributed by atoms with Crippen molar-refractivity contribution in [3.63, 3.8) is 0 Å². The molecule has 1 saturated heterocycles. The van der Waals surface area contributed by atoms with Gasteiger partial charge in [-0.1, -0.05) is 0 Å². The number of rotatable bonds is 3. The van der Waals surface area contributed by atoms with Gasteiger partial charge in [-0.2, -0.15) is 0 Å². The first kappa shape index (κ1) is 13.5. The van der Waals surface area contributed by atoms with Gasteiger partial charge < -0.3 is 15.8 Å². The van der Waals surface area contributed by atoms with Crippen LogP contribution in [0.2, 0.25) is 0 Å².